The van der Waals surface area contributed by atoms with Crippen LogP contribution in [-0.4, -0.2) is 20.8 Å². The first kappa shape index (κ1) is 15.0. The van der Waals surface area contributed by atoms with Crippen molar-refractivity contribution in [3.05, 3.63) is 29.8 Å². The van der Waals surface area contributed by atoms with E-state index in [1.165, 1.54) is 24.3 Å². The van der Waals surface area contributed by atoms with Gasteiger partial charge in [0.25, 0.3) is 0 Å². The molecule has 1 unspecified atom stereocenters. The molecule has 3 nitrogen and oxygen atoms in total. The van der Waals surface area contributed by atoms with Crippen LogP contribution in [0.3, 0.4) is 0 Å². The zero-order chi connectivity index (χ0) is 14.0. The summed E-state index contributed by atoms with van der Waals surface area (Å²) in [5.74, 6) is 0. The summed E-state index contributed by atoms with van der Waals surface area (Å²) in [7, 11) is -3.30. The Morgan fingerprint density at radius 3 is 2.11 bits per heavy atom. The minimum absolute atomic E-state index is 0.120. The Morgan fingerprint density at radius 1 is 1.22 bits per heavy atom. The number of sulfone groups is 1. The second kappa shape index (κ2) is 5.27. The highest BCUT2D eigenvalue weighted by Crippen LogP contribution is 2.26. The molecule has 0 radical (unpaired) electrons. The van der Waals surface area contributed by atoms with Crippen LogP contribution in [0, 0.1) is 0 Å². The SMILES string of the molecule is CS(=O)(=O)c1ccc(C(N)CCC(F)(F)F)cc1. The normalized spacial score (nSPS) is 14.5. The van der Waals surface area contributed by atoms with Crippen LogP contribution >= 0.6 is 0 Å². The lowest BCUT2D eigenvalue weighted by Gasteiger charge is -2.13. The largest absolute Gasteiger partial charge is 0.389 e. The van der Waals surface area contributed by atoms with Gasteiger partial charge in [0.2, 0.25) is 0 Å². The Hall–Kier alpha value is -1.08. The van der Waals surface area contributed by atoms with Gasteiger partial charge in [-0.25, -0.2) is 8.42 Å². The summed E-state index contributed by atoms with van der Waals surface area (Å²) < 4.78 is 58.4. The van der Waals surface area contributed by atoms with Crippen molar-refractivity contribution >= 4 is 9.84 Å². The average molecular weight is 281 g/mol. The number of alkyl halides is 3. The van der Waals surface area contributed by atoms with E-state index in [-0.39, 0.29) is 11.3 Å². The summed E-state index contributed by atoms with van der Waals surface area (Å²) in [6.07, 6.45) is -4.35. The molecule has 7 heteroatoms. The molecule has 102 valence electrons. The molecule has 0 heterocycles. The molecule has 0 bridgehead atoms. The first-order valence-corrected chi connectivity index (χ1v) is 7.11. The van der Waals surface area contributed by atoms with Crippen molar-refractivity contribution in [3.63, 3.8) is 0 Å². The van der Waals surface area contributed by atoms with Gasteiger partial charge < -0.3 is 5.73 Å². The van der Waals surface area contributed by atoms with Gasteiger partial charge in [-0.3, -0.25) is 0 Å². The van der Waals surface area contributed by atoms with E-state index in [2.05, 4.69) is 0 Å². The minimum atomic E-state index is -4.23. The van der Waals surface area contributed by atoms with Crippen LogP contribution in [-0.2, 0) is 9.84 Å². The Kier molecular flexibility index (Phi) is 4.39. The van der Waals surface area contributed by atoms with E-state index >= 15 is 0 Å². The predicted octanol–water partition coefficient (Wildman–Crippen LogP) is 2.43. The lowest BCUT2D eigenvalue weighted by molar-refractivity contribution is -0.136. The summed E-state index contributed by atoms with van der Waals surface area (Å²) in [6.45, 7) is 0. The Morgan fingerprint density at radius 2 is 1.72 bits per heavy atom. The predicted molar refractivity (Wildman–Crippen MR) is 61.8 cm³/mol. The lowest BCUT2D eigenvalue weighted by atomic mass is 10.0. The number of hydrogen-bond acceptors (Lipinski definition) is 3. The summed E-state index contributed by atoms with van der Waals surface area (Å²) in [6, 6.07) is 4.82. The maximum absolute atomic E-state index is 12.0. The summed E-state index contributed by atoms with van der Waals surface area (Å²) in [5, 5.41) is 0. The molecule has 0 aliphatic carbocycles. The monoisotopic (exact) mass is 281 g/mol. The molecule has 0 aliphatic rings. The summed E-state index contributed by atoms with van der Waals surface area (Å²) in [5.41, 5.74) is 6.10. The van der Waals surface area contributed by atoms with Gasteiger partial charge in [-0.15, -0.1) is 0 Å². The second-order valence-electron chi connectivity index (χ2n) is 4.10. The fourth-order valence-corrected chi connectivity index (χ4v) is 2.08. The topological polar surface area (TPSA) is 60.2 Å². The van der Waals surface area contributed by atoms with Crippen LogP contribution in [0.15, 0.2) is 29.2 Å². The van der Waals surface area contributed by atoms with Crippen molar-refractivity contribution in [2.45, 2.75) is 30.0 Å². The van der Waals surface area contributed by atoms with Crippen LogP contribution in [0.5, 0.6) is 0 Å². The minimum Gasteiger partial charge on any atom is -0.324 e. The number of rotatable bonds is 4. The summed E-state index contributed by atoms with van der Waals surface area (Å²) in [4.78, 5) is 0.120. The van der Waals surface area contributed by atoms with Crippen LogP contribution < -0.4 is 5.73 Å². The van der Waals surface area contributed by atoms with Gasteiger partial charge >= 0.3 is 6.18 Å². The zero-order valence-electron chi connectivity index (χ0n) is 9.74. The highest BCUT2D eigenvalue weighted by molar-refractivity contribution is 7.90. The molecule has 1 aromatic carbocycles. The standard InChI is InChI=1S/C11H14F3NO2S/c1-18(16,17)9-4-2-8(3-5-9)10(15)6-7-11(12,13)14/h2-5,10H,6-7,15H2,1H3. The van der Waals surface area contributed by atoms with E-state index in [1.807, 2.05) is 0 Å². The van der Waals surface area contributed by atoms with Gasteiger partial charge in [-0.05, 0) is 24.1 Å². The highest BCUT2D eigenvalue weighted by Gasteiger charge is 2.27. The Labute approximate surface area is 104 Å². The molecule has 0 aliphatic heterocycles. The maximum Gasteiger partial charge on any atom is 0.389 e. The van der Waals surface area contributed by atoms with Gasteiger partial charge in [0, 0.05) is 18.7 Å². The second-order valence-corrected chi connectivity index (χ2v) is 6.12. The third-order valence-electron chi connectivity index (χ3n) is 2.48. The van der Waals surface area contributed by atoms with Gasteiger partial charge in [0.1, 0.15) is 0 Å². The molecule has 18 heavy (non-hydrogen) atoms. The van der Waals surface area contributed by atoms with E-state index in [9.17, 15) is 21.6 Å². The fourth-order valence-electron chi connectivity index (χ4n) is 1.45. The van der Waals surface area contributed by atoms with Crippen molar-refractivity contribution in [3.8, 4) is 0 Å². The molecule has 1 rings (SSSR count). The molecule has 0 aromatic heterocycles. The quantitative estimate of drug-likeness (QED) is 0.922. The molecule has 1 atom stereocenters. The van der Waals surface area contributed by atoms with E-state index in [4.69, 9.17) is 5.73 Å². The first-order chi connectivity index (χ1) is 8.09. The molecule has 0 fully saturated rings. The first-order valence-electron chi connectivity index (χ1n) is 5.22. The maximum atomic E-state index is 12.0. The van der Waals surface area contributed by atoms with Crippen molar-refractivity contribution in [1.29, 1.82) is 0 Å². The molecular formula is C11H14F3NO2S. The third-order valence-corrected chi connectivity index (χ3v) is 3.60. The van der Waals surface area contributed by atoms with E-state index in [0.29, 0.717) is 5.56 Å². The van der Waals surface area contributed by atoms with Crippen LogP contribution in [0.1, 0.15) is 24.4 Å². The van der Waals surface area contributed by atoms with Crippen molar-refractivity contribution in [2.24, 2.45) is 5.73 Å². The Bertz CT molecular complexity index is 494. The van der Waals surface area contributed by atoms with Crippen molar-refractivity contribution in [1.82, 2.24) is 0 Å². The van der Waals surface area contributed by atoms with Crippen molar-refractivity contribution in [2.75, 3.05) is 6.26 Å². The van der Waals surface area contributed by atoms with Gasteiger partial charge in [-0.2, -0.15) is 13.2 Å². The van der Waals surface area contributed by atoms with Crippen LogP contribution in [0.2, 0.25) is 0 Å². The van der Waals surface area contributed by atoms with E-state index < -0.39 is 28.5 Å². The molecular weight excluding hydrogens is 267 g/mol. The summed E-state index contributed by atoms with van der Waals surface area (Å²) >= 11 is 0. The van der Waals surface area contributed by atoms with E-state index in [1.54, 1.807) is 0 Å². The highest BCUT2D eigenvalue weighted by atomic mass is 32.2. The number of halogens is 3. The van der Waals surface area contributed by atoms with E-state index in [0.717, 1.165) is 6.26 Å². The Balaban J connectivity index is 2.74. The smallest absolute Gasteiger partial charge is 0.324 e. The molecule has 2 N–H and O–H groups in total. The fraction of sp³-hybridized carbons (Fsp3) is 0.455. The average Bonchev–Trinajstić information content (AvgIpc) is 2.24. The third kappa shape index (κ3) is 4.66. The van der Waals surface area contributed by atoms with Gasteiger partial charge in [0.15, 0.2) is 9.84 Å². The molecule has 0 saturated carbocycles. The molecule has 1 aromatic rings. The number of nitrogens with two attached hydrogens (primary N) is 1. The molecule has 0 spiro atoms. The zero-order valence-corrected chi connectivity index (χ0v) is 10.6. The van der Waals surface area contributed by atoms with Crippen molar-refractivity contribution < 1.29 is 21.6 Å². The van der Waals surface area contributed by atoms with Gasteiger partial charge in [-0.1, -0.05) is 12.1 Å². The lowest BCUT2D eigenvalue weighted by Crippen LogP contribution is -2.15. The van der Waals surface area contributed by atoms with Crippen LogP contribution in [0.4, 0.5) is 13.2 Å². The number of hydrogen-bond donors (Lipinski definition) is 1. The van der Waals surface area contributed by atoms with Crippen LogP contribution in [0.25, 0.3) is 0 Å². The van der Waals surface area contributed by atoms with Gasteiger partial charge in [0.05, 0.1) is 4.90 Å². The molecule has 0 amide bonds. The number of benzene rings is 1. The molecule has 0 saturated heterocycles.